The largest absolute Gasteiger partial charge is 0.491 e. The maximum Gasteiger partial charge on any atom is 0.322 e. The van der Waals surface area contributed by atoms with E-state index >= 15 is 0 Å². The number of carbonyl (C=O) groups excluding carboxylic acids is 9. The highest BCUT2D eigenvalue weighted by Gasteiger charge is 2.26. The molecule has 0 radical (unpaired) electrons. The highest BCUT2D eigenvalue weighted by atomic mass is 16.6. The number of aryl methyl sites for hydroxylation is 6. The topological polar surface area (TPSA) is 526 Å². The number of ether oxygens (including phenoxy) is 12. The molecular formula is C87H120N26O21. The third-order valence-electron chi connectivity index (χ3n) is 20.3. The third kappa shape index (κ3) is 32.2. The number of anilines is 6. The van der Waals surface area contributed by atoms with Crippen LogP contribution < -0.4 is 68.0 Å². The van der Waals surface area contributed by atoms with E-state index in [4.69, 9.17) is 66.8 Å². The quantitative estimate of drug-likeness (QED) is 0.0244. The van der Waals surface area contributed by atoms with Gasteiger partial charge in [0.15, 0.2) is 23.1 Å². The molecule has 0 spiro atoms. The van der Waals surface area contributed by atoms with Crippen LogP contribution in [0.3, 0.4) is 0 Å². The smallest absolute Gasteiger partial charge is 0.322 e. The number of imidazole rings is 3. The van der Waals surface area contributed by atoms with Gasteiger partial charge in [0, 0.05) is 162 Å². The maximum absolute atomic E-state index is 13.4. The fraction of sp³-hybridized carbons (Fsp3) is 0.494. The number of amides is 9. The summed E-state index contributed by atoms with van der Waals surface area (Å²) in [7, 11) is 9.65. The van der Waals surface area contributed by atoms with Crippen molar-refractivity contribution in [3.63, 3.8) is 0 Å². The molecule has 1 aromatic carbocycles. The molecule has 1 aliphatic rings. The second-order valence-corrected chi connectivity index (χ2v) is 30.9. The fourth-order valence-corrected chi connectivity index (χ4v) is 13.5. The lowest BCUT2D eigenvalue weighted by molar-refractivity contribution is -0.116. The summed E-state index contributed by atoms with van der Waals surface area (Å²) in [6.07, 6.45) is 16.2. The minimum atomic E-state index is -0.655. The van der Waals surface area contributed by atoms with Gasteiger partial charge in [0.2, 0.25) is 41.1 Å². The van der Waals surface area contributed by atoms with E-state index < -0.39 is 47.3 Å². The van der Waals surface area contributed by atoms with E-state index in [-0.39, 0.29) is 128 Å². The summed E-state index contributed by atoms with van der Waals surface area (Å²) in [6, 6.07) is 14.4. The first-order valence-corrected chi connectivity index (χ1v) is 44.1. The van der Waals surface area contributed by atoms with Crippen molar-refractivity contribution in [3.8, 4) is 17.4 Å². The molecule has 134 heavy (non-hydrogen) atoms. The third-order valence-corrected chi connectivity index (χ3v) is 20.3. The van der Waals surface area contributed by atoms with Gasteiger partial charge in [-0.05, 0) is 67.3 Å². The average molecular weight is 1870 g/mol. The van der Waals surface area contributed by atoms with E-state index in [2.05, 4.69) is 97.5 Å². The molecule has 1 unspecified atom stereocenters. The van der Waals surface area contributed by atoms with Gasteiger partial charge in [0.05, 0.1) is 155 Å². The van der Waals surface area contributed by atoms with E-state index in [0.29, 0.717) is 168 Å². The minimum absolute atomic E-state index is 0.00463. The number of nitrogens with one attached hydrogen (secondary N) is 11. The van der Waals surface area contributed by atoms with Crippen molar-refractivity contribution in [3.05, 3.63) is 150 Å². The van der Waals surface area contributed by atoms with E-state index in [0.717, 1.165) is 42.7 Å². The van der Waals surface area contributed by atoms with Gasteiger partial charge in [-0.2, -0.15) is 24.7 Å². The standard InChI is InChI=1S/C87H120N26O21/c1-59(2)65-53-95-113-76(65)104-87(134-64-12-9-19-88-52-64)105-86(113)93-51-60-14-15-63(50-67(60)112-26-11-20-94-112)133-47-46-132-45-44-131-43-42-130-41-40-129-39-38-128-37-36-127-35-34-126-33-32-125-31-30-124-29-28-123-27-24-92-83(120)77-101-70(56-109(77)6)98-74(115)17-22-90-81(118)68-48-61(54-107(68)4)97-85(122)79-103-72(58-111(79)8)100-75(116)18-23-91-82(119)69-49-62(55-108(69)5)96-84(121)78-102-71(57-110(78)7)99-73(114)16-21-89-80(117)66-13-10-25-106(66)3/h10-11,13-15,20,25-26,48-50,53-59,64,88H,9,12,16-19,21-24,27-47,51-52H2,1-8H3,(H,89,117)(H,90,118)(H,91,119)(H,92,120)(H,96,121)(H,97,122)(H,98,115)(H,99,114)(H,100,116)(H,93,104,105). The van der Waals surface area contributed by atoms with Gasteiger partial charge in [-0.15, -0.1) is 0 Å². The van der Waals surface area contributed by atoms with Crippen LogP contribution in [-0.2, 0) is 111 Å². The number of piperidine rings is 1. The molecule has 11 rings (SSSR count). The highest BCUT2D eigenvalue weighted by molar-refractivity contribution is 6.05. The van der Waals surface area contributed by atoms with Gasteiger partial charge in [0.25, 0.3) is 35.4 Å². The molecule has 47 nitrogen and oxygen atoms in total. The number of carbonyl (C=O) groups is 9. The van der Waals surface area contributed by atoms with Crippen LogP contribution in [0.25, 0.3) is 11.3 Å². The zero-order valence-electron chi connectivity index (χ0n) is 76.6. The van der Waals surface area contributed by atoms with Crippen LogP contribution in [0.2, 0.25) is 0 Å². The Labute approximate surface area is 772 Å². The summed E-state index contributed by atoms with van der Waals surface area (Å²) in [6.45, 7) is 14.7. The molecular weight excluding hydrogens is 1750 g/mol. The number of fused-ring (bicyclic) bond motifs is 1. The number of aromatic nitrogens is 15. The van der Waals surface area contributed by atoms with Crippen LogP contribution in [0.5, 0.6) is 11.8 Å². The number of benzene rings is 1. The van der Waals surface area contributed by atoms with Crippen LogP contribution >= 0.6 is 0 Å². The Morgan fingerprint density at radius 3 is 1.32 bits per heavy atom. The SMILES string of the molecule is CC(C)c1cnn2c(NCc3ccc(OCCOCCOCCOCCOCCOCCOCCOCCOCCOCCOCCNC(=O)c4nc(NC(=O)CCNC(=O)c5cc(NC(=O)c6nc(NC(=O)CCNC(=O)c7cc(NC(=O)c8nc(NC(=O)CCNC(=O)c9cccn9C)cn8C)cn7C)cn6C)cn5C)cn4C)cc3-n3cccn3)nc(OC3CCCNC3)nc12. The summed E-state index contributed by atoms with van der Waals surface area (Å²) < 4.78 is 80.8. The lowest BCUT2D eigenvalue weighted by Crippen LogP contribution is -2.37. The number of hydrogen-bond acceptors (Lipinski definition) is 30. The molecule has 1 aliphatic heterocycles. The molecule has 724 valence electrons. The normalized spacial score (nSPS) is 12.6. The van der Waals surface area contributed by atoms with Crippen LogP contribution in [0.15, 0.2) is 104 Å². The molecule has 9 amide bonds. The number of hydrogen-bond donors (Lipinski definition) is 11. The van der Waals surface area contributed by atoms with Gasteiger partial charge < -0.3 is 143 Å². The van der Waals surface area contributed by atoms with Gasteiger partial charge in [-0.25, -0.2) is 19.6 Å². The van der Waals surface area contributed by atoms with E-state index in [1.807, 2.05) is 36.7 Å². The second-order valence-electron chi connectivity index (χ2n) is 30.9. The van der Waals surface area contributed by atoms with Gasteiger partial charge in [-0.1, -0.05) is 19.9 Å². The lowest BCUT2D eigenvalue weighted by atomic mass is 10.1. The molecule has 9 aromatic heterocycles. The number of nitrogens with zero attached hydrogens (tertiary/aromatic N) is 15. The van der Waals surface area contributed by atoms with E-state index in [1.54, 1.807) is 80.6 Å². The van der Waals surface area contributed by atoms with E-state index in [1.165, 1.54) is 66.0 Å². The Morgan fingerprint density at radius 2 is 0.888 bits per heavy atom. The van der Waals surface area contributed by atoms with Crippen LogP contribution in [0.1, 0.15) is 126 Å². The molecule has 11 N–H and O–H groups in total. The average Bonchev–Trinajstić information content (AvgIpc) is 1.61. The Hall–Kier alpha value is -13.4. The second kappa shape index (κ2) is 53.4. The lowest BCUT2D eigenvalue weighted by Gasteiger charge is -2.23. The predicted molar refractivity (Wildman–Crippen MR) is 487 cm³/mol. The first-order valence-electron chi connectivity index (χ1n) is 44.1. The molecule has 1 fully saturated rings. The molecule has 10 heterocycles. The summed E-state index contributed by atoms with van der Waals surface area (Å²) in [5.74, 6) is -2.93. The van der Waals surface area contributed by atoms with Crippen molar-refractivity contribution < 1.29 is 100.0 Å². The summed E-state index contributed by atoms with van der Waals surface area (Å²) in [5.41, 5.74) is 4.84. The van der Waals surface area contributed by atoms with E-state index in [9.17, 15) is 43.2 Å². The van der Waals surface area contributed by atoms with Gasteiger partial charge in [0.1, 0.15) is 35.5 Å². The maximum atomic E-state index is 13.4. The zero-order valence-corrected chi connectivity index (χ0v) is 76.6. The van der Waals surface area contributed by atoms with Crippen LogP contribution in [-0.4, -0.2) is 309 Å². The molecule has 1 saturated heterocycles. The minimum Gasteiger partial charge on any atom is -0.491 e. The van der Waals surface area contributed by atoms with Gasteiger partial charge >= 0.3 is 6.01 Å². The number of rotatable bonds is 61. The summed E-state index contributed by atoms with van der Waals surface area (Å²) in [4.78, 5) is 139. The van der Waals surface area contributed by atoms with Crippen molar-refractivity contribution in [1.29, 1.82) is 0 Å². The van der Waals surface area contributed by atoms with Crippen LogP contribution in [0, 0.1) is 0 Å². The molecule has 0 saturated carbocycles. The molecule has 0 aliphatic carbocycles. The van der Waals surface area contributed by atoms with Crippen molar-refractivity contribution >= 4 is 93.6 Å². The summed E-state index contributed by atoms with van der Waals surface area (Å²) in [5, 5.41) is 40.0. The van der Waals surface area contributed by atoms with Crippen molar-refractivity contribution in [2.24, 2.45) is 42.3 Å². The highest BCUT2D eigenvalue weighted by Crippen LogP contribution is 2.28. The first kappa shape index (κ1) is 101. The Balaban J connectivity index is 0.435. The van der Waals surface area contributed by atoms with Gasteiger partial charge in [-0.3, -0.25) is 43.2 Å². The Morgan fingerprint density at radius 1 is 0.440 bits per heavy atom. The zero-order chi connectivity index (χ0) is 94.9. The van der Waals surface area contributed by atoms with Crippen molar-refractivity contribution in [2.75, 3.05) is 210 Å². The molecule has 1 atom stereocenters. The monoisotopic (exact) mass is 1860 g/mol. The Kier molecular flexibility index (Phi) is 40.3. The molecule has 0 bridgehead atoms. The molecule has 47 heteroatoms. The molecule has 10 aromatic rings. The summed E-state index contributed by atoms with van der Waals surface area (Å²) >= 11 is 0. The fourth-order valence-electron chi connectivity index (χ4n) is 13.5. The van der Waals surface area contributed by atoms with Crippen molar-refractivity contribution in [1.82, 2.24) is 98.3 Å². The van der Waals surface area contributed by atoms with Crippen LogP contribution in [0.4, 0.5) is 34.8 Å². The Bertz CT molecular complexity index is 5450. The first-order chi connectivity index (χ1) is 65.0. The van der Waals surface area contributed by atoms with Crippen molar-refractivity contribution in [2.45, 2.75) is 64.5 Å². The predicted octanol–water partition coefficient (Wildman–Crippen LogP) is 3.15.